The number of methoxy groups -OCH3 is 2. The van der Waals surface area contributed by atoms with Crippen LogP contribution in [-0.4, -0.2) is 58.1 Å². The van der Waals surface area contributed by atoms with E-state index in [-0.39, 0.29) is 34.5 Å². The maximum Gasteiger partial charge on any atom is 0.433 e. The van der Waals surface area contributed by atoms with Gasteiger partial charge in [0.1, 0.15) is 22.6 Å². The van der Waals surface area contributed by atoms with Gasteiger partial charge in [0.05, 0.1) is 25.0 Å². The number of fused-ring (bicyclic) bond motifs is 1. The molecular formula is C27H27F3N6O4. The van der Waals surface area contributed by atoms with E-state index >= 15 is 0 Å². The molecule has 0 bridgehead atoms. The van der Waals surface area contributed by atoms with Gasteiger partial charge < -0.3 is 24.5 Å². The molecular weight excluding hydrogens is 529 g/mol. The van der Waals surface area contributed by atoms with Gasteiger partial charge in [0.15, 0.2) is 11.5 Å². The average Bonchev–Trinajstić information content (AvgIpc) is 3.41. The highest BCUT2D eigenvalue weighted by molar-refractivity contribution is 5.98. The number of oxazole rings is 1. The maximum atomic E-state index is 13.6. The highest BCUT2D eigenvalue weighted by Crippen LogP contribution is 2.39. The van der Waals surface area contributed by atoms with E-state index in [1.165, 1.54) is 19.2 Å². The fraction of sp³-hybridized carbons (Fsp3) is 0.370. The number of rotatable bonds is 6. The summed E-state index contributed by atoms with van der Waals surface area (Å²) in [6.45, 7) is 2.38. The summed E-state index contributed by atoms with van der Waals surface area (Å²) in [5.41, 5.74) is 5.47. The molecule has 1 aliphatic heterocycles. The first-order valence-electron chi connectivity index (χ1n) is 12.5. The third-order valence-electron chi connectivity index (χ3n) is 7.11. The van der Waals surface area contributed by atoms with Crippen LogP contribution in [0.3, 0.4) is 0 Å². The number of nitrogens with two attached hydrogens (primary N) is 1. The van der Waals surface area contributed by atoms with Gasteiger partial charge in [0, 0.05) is 43.5 Å². The van der Waals surface area contributed by atoms with Gasteiger partial charge in [-0.25, -0.2) is 9.97 Å². The number of pyridine rings is 1. The van der Waals surface area contributed by atoms with Gasteiger partial charge >= 0.3 is 6.18 Å². The Hall–Kier alpha value is -4.10. The van der Waals surface area contributed by atoms with Gasteiger partial charge in [0.25, 0.3) is 5.91 Å². The number of hydrogen-bond donors (Lipinski definition) is 1. The normalized spacial score (nSPS) is 16.2. The molecule has 1 aromatic carbocycles. The molecule has 0 unspecified atom stereocenters. The molecule has 2 N–H and O–H groups in total. The minimum atomic E-state index is -4.64. The van der Waals surface area contributed by atoms with Gasteiger partial charge in [-0.05, 0) is 44.0 Å². The van der Waals surface area contributed by atoms with Crippen LogP contribution in [0.2, 0.25) is 0 Å². The standard InChI is InChI=1S/C27H27F3N6O4/c1-15(31)23-22(25(37)36-12-8-26(39-3,9-13-36)20-14-32-10-11-33-20)35-24(40-23)17-4-6-18(38-2)21-16(17)5-7-19(34-21)27(28,29)30/h4-7,10-11,14-15H,8-9,12-13,31H2,1-3H3/t15-/m0/s1. The molecule has 0 radical (unpaired) electrons. The van der Waals surface area contributed by atoms with Crippen molar-refractivity contribution in [1.82, 2.24) is 24.8 Å². The molecule has 1 saturated heterocycles. The minimum Gasteiger partial charge on any atom is -0.494 e. The van der Waals surface area contributed by atoms with Crippen molar-refractivity contribution in [3.05, 3.63) is 65.7 Å². The van der Waals surface area contributed by atoms with E-state index in [1.54, 1.807) is 43.6 Å². The largest absolute Gasteiger partial charge is 0.494 e. The molecule has 1 atom stereocenters. The monoisotopic (exact) mass is 556 g/mol. The van der Waals surface area contributed by atoms with Crippen molar-refractivity contribution in [2.45, 2.75) is 37.6 Å². The summed E-state index contributed by atoms with van der Waals surface area (Å²) in [5, 5.41) is 0.315. The number of aromatic nitrogens is 4. The summed E-state index contributed by atoms with van der Waals surface area (Å²) in [6, 6.07) is 4.54. The van der Waals surface area contributed by atoms with Crippen LogP contribution in [0.5, 0.6) is 5.75 Å². The lowest BCUT2D eigenvalue weighted by Gasteiger charge is -2.40. The Morgan fingerprint density at radius 3 is 2.48 bits per heavy atom. The van der Waals surface area contributed by atoms with Crippen molar-refractivity contribution < 1.29 is 31.9 Å². The van der Waals surface area contributed by atoms with Crippen molar-refractivity contribution in [1.29, 1.82) is 0 Å². The summed E-state index contributed by atoms with van der Waals surface area (Å²) in [5.74, 6) is -0.0198. The molecule has 10 nitrogen and oxygen atoms in total. The van der Waals surface area contributed by atoms with Gasteiger partial charge in [-0.2, -0.15) is 13.2 Å². The third-order valence-corrected chi connectivity index (χ3v) is 7.11. The van der Waals surface area contributed by atoms with E-state index in [0.717, 1.165) is 6.07 Å². The summed E-state index contributed by atoms with van der Waals surface area (Å²) in [4.78, 5) is 32.1. The molecule has 4 aromatic rings. The SMILES string of the molecule is COc1ccc(-c2nc(C(=O)N3CCC(OC)(c4cnccn4)CC3)c([C@H](C)N)o2)c2ccc(C(F)(F)F)nc12. The number of halogens is 3. The van der Waals surface area contributed by atoms with Crippen LogP contribution in [0.1, 0.15) is 53.4 Å². The average molecular weight is 557 g/mol. The van der Waals surface area contributed by atoms with Crippen molar-refractivity contribution in [2.75, 3.05) is 27.3 Å². The van der Waals surface area contributed by atoms with Gasteiger partial charge in [-0.3, -0.25) is 14.8 Å². The van der Waals surface area contributed by atoms with Gasteiger partial charge in [-0.1, -0.05) is 0 Å². The molecule has 0 saturated carbocycles. The molecule has 13 heteroatoms. The Bertz CT molecular complexity index is 1530. The van der Waals surface area contributed by atoms with E-state index in [1.807, 2.05) is 0 Å². The first-order valence-corrected chi connectivity index (χ1v) is 12.5. The second-order valence-corrected chi connectivity index (χ2v) is 9.51. The van der Waals surface area contributed by atoms with E-state index < -0.39 is 23.5 Å². The van der Waals surface area contributed by atoms with Crippen LogP contribution in [0.4, 0.5) is 13.2 Å². The fourth-order valence-corrected chi connectivity index (χ4v) is 4.93. The summed E-state index contributed by atoms with van der Waals surface area (Å²) in [7, 11) is 2.95. The molecule has 40 heavy (non-hydrogen) atoms. The highest BCUT2D eigenvalue weighted by atomic mass is 19.4. The van der Waals surface area contributed by atoms with Crippen LogP contribution >= 0.6 is 0 Å². The minimum absolute atomic E-state index is 0.0146. The summed E-state index contributed by atoms with van der Waals surface area (Å²) in [6.07, 6.45) is 1.18. The maximum absolute atomic E-state index is 13.6. The molecule has 0 aliphatic carbocycles. The third kappa shape index (κ3) is 4.86. The van der Waals surface area contributed by atoms with Gasteiger partial charge in [0.2, 0.25) is 5.89 Å². The van der Waals surface area contributed by atoms with Crippen LogP contribution < -0.4 is 10.5 Å². The smallest absolute Gasteiger partial charge is 0.433 e. The quantitative estimate of drug-likeness (QED) is 0.365. The van der Waals surface area contributed by atoms with Crippen LogP contribution in [-0.2, 0) is 16.5 Å². The molecule has 3 aromatic heterocycles. The van der Waals surface area contributed by atoms with Crippen LogP contribution in [0.25, 0.3) is 22.4 Å². The number of nitrogens with zero attached hydrogens (tertiary/aromatic N) is 5. The van der Waals surface area contributed by atoms with E-state index in [4.69, 9.17) is 19.6 Å². The number of carbonyl (C=O) groups is 1. The zero-order valence-electron chi connectivity index (χ0n) is 22.0. The Balaban J connectivity index is 1.49. The van der Waals surface area contributed by atoms with Crippen molar-refractivity contribution in [3.63, 3.8) is 0 Å². The number of benzene rings is 1. The Kier molecular flexibility index (Phi) is 7.19. The molecule has 5 rings (SSSR count). The molecule has 4 heterocycles. The summed E-state index contributed by atoms with van der Waals surface area (Å²) >= 11 is 0. The number of piperidine rings is 1. The lowest BCUT2D eigenvalue weighted by atomic mass is 9.88. The molecule has 1 aliphatic rings. The van der Waals surface area contributed by atoms with E-state index in [2.05, 4.69) is 19.9 Å². The predicted octanol–water partition coefficient (Wildman–Crippen LogP) is 4.50. The second kappa shape index (κ2) is 10.5. The fourth-order valence-electron chi connectivity index (χ4n) is 4.93. The van der Waals surface area contributed by atoms with Crippen LogP contribution in [0, 0.1) is 0 Å². The Labute approximate surface area is 227 Å². The Morgan fingerprint density at radius 1 is 1.12 bits per heavy atom. The number of hydrogen-bond acceptors (Lipinski definition) is 9. The lowest BCUT2D eigenvalue weighted by Crippen LogP contribution is -2.46. The van der Waals surface area contributed by atoms with Crippen molar-refractivity contribution >= 4 is 16.8 Å². The number of likely N-dealkylation sites (tertiary alicyclic amines) is 1. The number of ether oxygens (including phenoxy) is 2. The molecule has 1 fully saturated rings. The van der Waals surface area contributed by atoms with Gasteiger partial charge in [-0.15, -0.1) is 0 Å². The lowest BCUT2D eigenvalue weighted by molar-refractivity contribution is -0.140. The predicted molar refractivity (Wildman–Crippen MR) is 137 cm³/mol. The molecule has 210 valence electrons. The zero-order valence-corrected chi connectivity index (χ0v) is 22.0. The highest BCUT2D eigenvalue weighted by Gasteiger charge is 2.40. The second-order valence-electron chi connectivity index (χ2n) is 9.51. The van der Waals surface area contributed by atoms with Crippen molar-refractivity contribution in [2.24, 2.45) is 5.73 Å². The van der Waals surface area contributed by atoms with Crippen LogP contribution in [0.15, 0.2) is 47.3 Å². The number of alkyl halides is 3. The summed E-state index contributed by atoms with van der Waals surface area (Å²) < 4.78 is 57.1. The molecule has 0 spiro atoms. The zero-order chi connectivity index (χ0) is 28.7. The first-order chi connectivity index (χ1) is 19.1. The van der Waals surface area contributed by atoms with Crippen molar-refractivity contribution in [3.8, 4) is 17.2 Å². The van der Waals surface area contributed by atoms with E-state index in [9.17, 15) is 18.0 Å². The Morgan fingerprint density at radius 2 is 1.88 bits per heavy atom. The van der Waals surface area contributed by atoms with E-state index in [0.29, 0.717) is 42.6 Å². The molecule has 1 amide bonds. The topological polar surface area (TPSA) is 129 Å². The number of amides is 1. The first kappa shape index (κ1) is 27.5. The number of carbonyl (C=O) groups excluding carboxylic acids is 1.